The molecule has 2 rings (SSSR count). The maximum Gasteiger partial charge on any atom is 0.334 e. The Hall–Kier alpha value is -1.00. The summed E-state index contributed by atoms with van der Waals surface area (Å²) < 4.78 is 45.0. The Balaban J connectivity index is 2.51. The normalized spacial score (nSPS) is 12.7. The van der Waals surface area contributed by atoms with Gasteiger partial charge in [-0.25, -0.2) is 0 Å². The molecule has 2 aromatic rings. The quantitative estimate of drug-likeness (QED) is 0.619. The summed E-state index contributed by atoms with van der Waals surface area (Å²) in [5.74, 6) is 0. The molecule has 0 radical (unpaired) electrons. The summed E-state index contributed by atoms with van der Waals surface area (Å²) in [5.41, 5.74) is 1.68. The molecular formula is C16H22O6P2. The molecule has 0 aliphatic carbocycles. The fourth-order valence-electron chi connectivity index (χ4n) is 2.52. The first kappa shape index (κ1) is 19.3. The Morgan fingerprint density at radius 1 is 0.667 bits per heavy atom. The summed E-state index contributed by atoms with van der Waals surface area (Å²) in [6.45, 7) is 0. The van der Waals surface area contributed by atoms with Crippen molar-refractivity contribution in [2.24, 2.45) is 0 Å². The van der Waals surface area contributed by atoms with Crippen molar-refractivity contribution in [1.82, 2.24) is 0 Å². The molecule has 0 N–H and O–H groups in total. The Morgan fingerprint density at radius 2 is 1.00 bits per heavy atom. The van der Waals surface area contributed by atoms with Gasteiger partial charge in [0.25, 0.3) is 0 Å². The first-order valence-corrected chi connectivity index (χ1v) is 10.8. The van der Waals surface area contributed by atoms with Crippen LogP contribution < -0.4 is 0 Å². The number of hydrogen-bond acceptors (Lipinski definition) is 6. The second kappa shape index (κ2) is 7.92. The van der Waals surface area contributed by atoms with Gasteiger partial charge in [-0.15, -0.1) is 0 Å². The minimum Gasteiger partial charge on any atom is -0.312 e. The third-order valence-electron chi connectivity index (χ3n) is 3.95. The lowest BCUT2D eigenvalue weighted by Gasteiger charge is -2.18. The van der Waals surface area contributed by atoms with Gasteiger partial charge in [0.15, 0.2) is 0 Å². The lowest BCUT2D eigenvalue weighted by Crippen LogP contribution is -1.98. The third kappa shape index (κ3) is 4.15. The highest BCUT2D eigenvalue weighted by molar-refractivity contribution is 7.53. The van der Waals surface area contributed by atoms with E-state index in [0.717, 1.165) is 21.9 Å². The van der Waals surface area contributed by atoms with Crippen molar-refractivity contribution in [2.45, 2.75) is 12.3 Å². The molecule has 24 heavy (non-hydrogen) atoms. The van der Waals surface area contributed by atoms with Gasteiger partial charge in [-0.05, 0) is 21.9 Å². The lowest BCUT2D eigenvalue weighted by atomic mass is 10.0. The van der Waals surface area contributed by atoms with Crippen LogP contribution in [0.2, 0.25) is 0 Å². The van der Waals surface area contributed by atoms with Crippen LogP contribution in [0, 0.1) is 0 Å². The van der Waals surface area contributed by atoms with Crippen molar-refractivity contribution in [3.05, 3.63) is 47.5 Å². The molecule has 0 spiro atoms. The summed E-state index contributed by atoms with van der Waals surface area (Å²) >= 11 is 0. The van der Waals surface area contributed by atoms with Crippen LogP contribution in [0.4, 0.5) is 0 Å². The standard InChI is InChI=1S/C16H22O6P2/c1-19-23(17,20-2)11-13-9-10-14(12-24(18,21-3)22-4)16-8-6-5-7-15(13)16/h5-10H,11-12H2,1-4H3. The Kier molecular flexibility index (Phi) is 6.38. The summed E-state index contributed by atoms with van der Waals surface area (Å²) in [6, 6.07) is 11.3. The van der Waals surface area contributed by atoms with Crippen LogP contribution in [-0.2, 0) is 39.5 Å². The molecule has 6 nitrogen and oxygen atoms in total. The molecule has 0 saturated carbocycles. The van der Waals surface area contributed by atoms with Gasteiger partial charge in [0.1, 0.15) is 0 Å². The molecule has 0 atom stereocenters. The smallest absolute Gasteiger partial charge is 0.312 e. The fraction of sp³-hybridized carbons (Fsp3) is 0.375. The van der Waals surface area contributed by atoms with Gasteiger partial charge < -0.3 is 18.1 Å². The lowest BCUT2D eigenvalue weighted by molar-refractivity contribution is 0.274. The van der Waals surface area contributed by atoms with E-state index in [1.165, 1.54) is 28.4 Å². The minimum absolute atomic E-state index is 0.160. The third-order valence-corrected chi connectivity index (χ3v) is 7.63. The van der Waals surface area contributed by atoms with Crippen LogP contribution in [0.15, 0.2) is 36.4 Å². The van der Waals surface area contributed by atoms with Gasteiger partial charge in [-0.3, -0.25) is 9.13 Å². The Bertz CT molecular complexity index is 722. The van der Waals surface area contributed by atoms with E-state index in [9.17, 15) is 9.13 Å². The van der Waals surface area contributed by atoms with Crippen molar-refractivity contribution in [1.29, 1.82) is 0 Å². The highest BCUT2D eigenvalue weighted by atomic mass is 31.2. The van der Waals surface area contributed by atoms with E-state index in [2.05, 4.69) is 0 Å². The van der Waals surface area contributed by atoms with Crippen molar-refractivity contribution in [3.63, 3.8) is 0 Å². The Labute approximate surface area is 142 Å². The van der Waals surface area contributed by atoms with Crippen molar-refractivity contribution >= 4 is 26.0 Å². The maximum absolute atomic E-state index is 12.4. The van der Waals surface area contributed by atoms with Gasteiger partial charge in [0, 0.05) is 28.4 Å². The average molecular weight is 372 g/mol. The van der Waals surface area contributed by atoms with Crippen molar-refractivity contribution in [2.75, 3.05) is 28.4 Å². The molecule has 0 aliphatic heterocycles. The summed E-state index contributed by atoms with van der Waals surface area (Å²) in [5, 5.41) is 1.81. The van der Waals surface area contributed by atoms with Crippen LogP contribution in [-0.4, -0.2) is 28.4 Å². The monoisotopic (exact) mass is 372 g/mol. The molecule has 0 unspecified atom stereocenters. The summed E-state index contributed by atoms with van der Waals surface area (Å²) in [7, 11) is -0.881. The second-order valence-electron chi connectivity index (χ2n) is 5.20. The van der Waals surface area contributed by atoms with Gasteiger partial charge in [-0.2, -0.15) is 0 Å². The van der Waals surface area contributed by atoms with E-state index in [0.29, 0.717) is 0 Å². The molecule has 0 aromatic heterocycles. The summed E-state index contributed by atoms with van der Waals surface area (Å²) in [4.78, 5) is 0. The largest absolute Gasteiger partial charge is 0.334 e. The zero-order valence-corrected chi connectivity index (χ0v) is 16.0. The topological polar surface area (TPSA) is 71.1 Å². The predicted octanol–water partition coefficient (Wildman–Crippen LogP) is 4.81. The van der Waals surface area contributed by atoms with E-state index in [-0.39, 0.29) is 12.3 Å². The number of fused-ring (bicyclic) bond motifs is 1. The van der Waals surface area contributed by atoms with Gasteiger partial charge >= 0.3 is 15.2 Å². The van der Waals surface area contributed by atoms with E-state index < -0.39 is 15.2 Å². The summed E-state index contributed by atoms with van der Waals surface area (Å²) in [6.07, 6.45) is 0.319. The molecule has 0 heterocycles. The SMILES string of the molecule is COP(=O)(Cc1ccc(CP(=O)(OC)OC)c2ccccc12)OC. The van der Waals surface area contributed by atoms with E-state index in [4.69, 9.17) is 18.1 Å². The molecule has 2 aromatic carbocycles. The first-order valence-electron chi connectivity index (χ1n) is 7.31. The number of rotatable bonds is 8. The van der Waals surface area contributed by atoms with Gasteiger partial charge in [-0.1, -0.05) is 36.4 Å². The molecule has 0 aliphatic rings. The second-order valence-corrected chi connectivity index (χ2v) is 9.73. The average Bonchev–Trinajstić information content (AvgIpc) is 2.63. The van der Waals surface area contributed by atoms with E-state index in [1.54, 1.807) is 0 Å². The molecule has 0 amide bonds. The van der Waals surface area contributed by atoms with Crippen molar-refractivity contribution < 1.29 is 27.2 Å². The molecule has 0 fully saturated rings. The highest BCUT2D eigenvalue weighted by Gasteiger charge is 2.25. The zero-order chi connectivity index (χ0) is 17.8. The van der Waals surface area contributed by atoms with Crippen LogP contribution in [0.3, 0.4) is 0 Å². The molecule has 0 saturated heterocycles. The van der Waals surface area contributed by atoms with E-state index in [1.807, 2.05) is 36.4 Å². The van der Waals surface area contributed by atoms with Crippen LogP contribution >= 0.6 is 15.2 Å². The highest BCUT2D eigenvalue weighted by Crippen LogP contribution is 2.52. The van der Waals surface area contributed by atoms with Crippen LogP contribution in [0.25, 0.3) is 10.8 Å². The fourth-order valence-corrected chi connectivity index (χ4v) is 4.72. The number of benzene rings is 2. The first-order chi connectivity index (χ1) is 11.4. The zero-order valence-electron chi connectivity index (χ0n) is 14.2. The molecule has 8 heteroatoms. The van der Waals surface area contributed by atoms with Gasteiger partial charge in [0.2, 0.25) is 0 Å². The number of hydrogen-bond donors (Lipinski definition) is 0. The molecule has 0 bridgehead atoms. The molecule has 132 valence electrons. The van der Waals surface area contributed by atoms with Crippen molar-refractivity contribution in [3.8, 4) is 0 Å². The predicted molar refractivity (Wildman–Crippen MR) is 94.6 cm³/mol. The van der Waals surface area contributed by atoms with Gasteiger partial charge in [0.05, 0.1) is 12.3 Å². The van der Waals surface area contributed by atoms with Crippen LogP contribution in [0.1, 0.15) is 11.1 Å². The minimum atomic E-state index is -3.18. The van der Waals surface area contributed by atoms with Crippen LogP contribution in [0.5, 0.6) is 0 Å². The maximum atomic E-state index is 12.4. The molecular weight excluding hydrogens is 350 g/mol. The van der Waals surface area contributed by atoms with E-state index >= 15 is 0 Å². The Morgan fingerprint density at radius 3 is 1.29 bits per heavy atom.